The number of carbonyl (C=O) groups excluding carboxylic acids is 2. The maximum atomic E-state index is 12.9. The molecule has 30 heavy (non-hydrogen) atoms. The molecule has 1 aliphatic carbocycles. The van der Waals surface area contributed by atoms with Gasteiger partial charge in [-0.1, -0.05) is 6.92 Å². The Labute approximate surface area is 180 Å². The van der Waals surface area contributed by atoms with Crippen molar-refractivity contribution >= 4 is 33.8 Å². The highest BCUT2D eigenvalue weighted by molar-refractivity contribution is 7.16. The highest BCUT2D eigenvalue weighted by atomic mass is 32.1. The number of nitriles is 1. The Morgan fingerprint density at radius 2 is 2.07 bits per heavy atom. The second kappa shape index (κ2) is 8.88. The van der Waals surface area contributed by atoms with Gasteiger partial charge in [0.2, 0.25) is 11.8 Å². The molecule has 1 aromatic carbocycles. The first-order valence-electron chi connectivity index (χ1n) is 10.5. The van der Waals surface area contributed by atoms with E-state index in [1.165, 1.54) is 16.2 Å². The van der Waals surface area contributed by atoms with Crippen molar-refractivity contribution in [3.8, 4) is 11.8 Å². The van der Waals surface area contributed by atoms with Crippen molar-refractivity contribution in [1.29, 1.82) is 5.26 Å². The lowest BCUT2D eigenvalue weighted by Gasteiger charge is -2.17. The van der Waals surface area contributed by atoms with E-state index < -0.39 is 5.92 Å². The zero-order chi connectivity index (χ0) is 21.1. The molecular weight excluding hydrogens is 398 g/mol. The zero-order valence-electron chi connectivity index (χ0n) is 17.1. The standard InChI is InChI=1S/C23H25N3O3S/c1-2-11-29-17-9-7-16(8-10-17)26-14-15(12-21(26)27)22(28)25-23-19(13-24)18-5-3-4-6-20(18)30-23/h7-10,15H,2-6,11-12,14H2,1H3,(H,25,28). The predicted molar refractivity (Wildman–Crippen MR) is 117 cm³/mol. The monoisotopic (exact) mass is 423 g/mol. The summed E-state index contributed by atoms with van der Waals surface area (Å²) in [6.45, 7) is 3.04. The fourth-order valence-electron chi connectivity index (χ4n) is 4.06. The van der Waals surface area contributed by atoms with Gasteiger partial charge in [0.25, 0.3) is 0 Å². The molecule has 4 rings (SSSR count). The fourth-order valence-corrected chi connectivity index (χ4v) is 5.30. The summed E-state index contributed by atoms with van der Waals surface area (Å²) in [6, 6.07) is 9.67. The third kappa shape index (κ3) is 4.05. The van der Waals surface area contributed by atoms with Crippen LogP contribution in [0.25, 0.3) is 0 Å². The van der Waals surface area contributed by atoms with Crippen molar-refractivity contribution in [1.82, 2.24) is 0 Å². The van der Waals surface area contributed by atoms with Crippen LogP contribution in [0.5, 0.6) is 5.75 Å². The Bertz CT molecular complexity index is 990. The van der Waals surface area contributed by atoms with Crippen molar-refractivity contribution in [2.75, 3.05) is 23.4 Å². The first-order valence-corrected chi connectivity index (χ1v) is 11.3. The molecule has 2 aromatic rings. The van der Waals surface area contributed by atoms with Gasteiger partial charge in [-0.3, -0.25) is 9.59 Å². The van der Waals surface area contributed by atoms with Crippen LogP contribution in [0.1, 0.15) is 48.6 Å². The van der Waals surface area contributed by atoms with E-state index in [1.807, 2.05) is 31.2 Å². The average molecular weight is 424 g/mol. The molecule has 2 heterocycles. The highest BCUT2D eigenvalue weighted by Gasteiger charge is 2.36. The molecule has 7 heteroatoms. The van der Waals surface area contributed by atoms with Crippen LogP contribution in [0.15, 0.2) is 24.3 Å². The van der Waals surface area contributed by atoms with Crippen LogP contribution in [-0.2, 0) is 22.4 Å². The summed E-state index contributed by atoms with van der Waals surface area (Å²) in [5.41, 5.74) is 2.47. The average Bonchev–Trinajstić information content (AvgIpc) is 3.32. The molecule has 1 aliphatic heterocycles. The first kappa shape index (κ1) is 20.4. The van der Waals surface area contributed by atoms with E-state index in [-0.39, 0.29) is 18.2 Å². The number of benzene rings is 1. The largest absolute Gasteiger partial charge is 0.494 e. The number of carbonyl (C=O) groups is 2. The van der Waals surface area contributed by atoms with Crippen molar-refractivity contribution in [3.05, 3.63) is 40.3 Å². The molecule has 0 bridgehead atoms. The highest BCUT2D eigenvalue weighted by Crippen LogP contribution is 2.38. The number of thiophene rings is 1. The van der Waals surface area contributed by atoms with Gasteiger partial charge >= 0.3 is 0 Å². The van der Waals surface area contributed by atoms with Crippen LogP contribution in [0.3, 0.4) is 0 Å². The molecule has 6 nitrogen and oxygen atoms in total. The van der Waals surface area contributed by atoms with Crippen LogP contribution in [-0.4, -0.2) is 25.0 Å². The molecule has 1 fully saturated rings. The molecule has 0 radical (unpaired) electrons. The summed E-state index contributed by atoms with van der Waals surface area (Å²) in [7, 11) is 0. The molecule has 156 valence electrons. The van der Waals surface area contributed by atoms with E-state index >= 15 is 0 Å². The first-order chi connectivity index (χ1) is 14.6. The van der Waals surface area contributed by atoms with Gasteiger partial charge in [0.05, 0.1) is 18.1 Å². The van der Waals surface area contributed by atoms with E-state index in [4.69, 9.17) is 4.74 Å². The van der Waals surface area contributed by atoms with E-state index in [2.05, 4.69) is 11.4 Å². The Hall–Kier alpha value is -2.85. The predicted octanol–water partition coefficient (Wildman–Crippen LogP) is 4.28. The van der Waals surface area contributed by atoms with Crippen molar-refractivity contribution < 1.29 is 14.3 Å². The van der Waals surface area contributed by atoms with Gasteiger partial charge in [0, 0.05) is 23.5 Å². The van der Waals surface area contributed by atoms with Crippen LogP contribution < -0.4 is 15.0 Å². The lowest BCUT2D eigenvalue weighted by Crippen LogP contribution is -2.28. The fraction of sp³-hybridized carbons (Fsp3) is 0.435. The van der Waals surface area contributed by atoms with E-state index in [0.717, 1.165) is 49.1 Å². The number of nitrogens with one attached hydrogen (secondary N) is 1. The number of rotatable bonds is 6. The maximum absolute atomic E-state index is 12.9. The third-order valence-corrected chi connectivity index (χ3v) is 6.84. The van der Waals surface area contributed by atoms with Crippen LogP contribution in [0.4, 0.5) is 10.7 Å². The molecule has 1 N–H and O–H groups in total. The minimum atomic E-state index is -0.431. The lowest BCUT2D eigenvalue weighted by molar-refractivity contribution is -0.122. The van der Waals surface area contributed by atoms with Crippen LogP contribution in [0, 0.1) is 17.2 Å². The molecule has 2 amide bonds. The lowest BCUT2D eigenvalue weighted by atomic mass is 9.96. The Kier molecular flexibility index (Phi) is 6.05. The number of aryl methyl sites for hydroxylation is 1. The van der Waals surface area contributed by atoms with Gasteiger partial charge in [-0.15, -0.1) is 11.3 Å². The number of amides is 2. The second-order valence-corrected chi connectivity index (χ2v) is 8.87. The Balaban J connectivity index is 1.44. The van der Waals surface area contributed by atoms with Gasteiger partial charge in [0.15, 0.2) is 0 Å². The third-order valence-electron chi connectivity index (χ3n) is 5.64. The minimum absolute atomic E-state index is 0.0663. The normalized spacial score (nSPS) is 18.1. The van der Waals surface area contributed by atoms with E-state index in [9.17, 15) is 14.9 Å². The summed E-state index contributed by atoms with van der Waals surface area (Å²) in [5, 5.41) is 13.2. The van der Waals surface area contributed by atoms with Gasteiger partial charge in [-0.25, -0.2) is 0 Å². The van der Waals surface area contributed by atoms with Gasteiger partial charge in [-0.2, -0.15) is 5.26 Å². The SMILES string of the molecule is CCCOc1ccc(N2CC(C(=O)Nc3sc4c(c3C#N)CCCC4)CC2=O)cc1. The van der Waals surface area contributed by atoms with Gasteiger partial charge in [0.1, 0.15) is 16.8 Å². The second-order valence-electron chi connectivity index (χ2n) is 7.76. The molecule has 1 unspecified atom stereocenters. The Morgan fingerprint density at radius 3 is 2.80 bits per heavy atom. The van der Waals surface area contributed by atoms with E-state index in [0.29, 0.717) is 23.7 Å². The van der Waals surface area contributed by atoms with Crippen LogP contribution >= 0.6 is 11.3 Å². The van der Waals surface area contributed by atoms with E-state index in [1.54, 1.807) is 4.90 Å². The number of nitrogens with zero attached hydrogens (tertiary/aromatic N) is 2. The number of ether oxygens (including phenoxy) is 1. The smallest absolute Gasteiger partial charge is 0.230 e. The minimum Gasteiger partial charge on any atom is -0.494 e. The number of anilines is 2. The van der Waals surface area contributed by atoms with Crippen LogP contribution in [0.2, 0.25) is 0 Å². The number of hydrogen-bond acceptors (Lipinski definition) is 5. The number of hydrogen-bond donors (Lipinski definition) is 1. The molecule has 1 saturated heterocycles. The molecule has 0 saturated carbocycles. The van der Waals surface area contributed by atoms with Crippen molar-refractivity contribution in [3.63, 3.8) is 0 Å². The number of fused-ring (bicyclic) bond motifs is 1. The summed E-state index contributed by atoms with van der Waals surface area (Å²) in [4.78, 5) is 28.3. The molecule has 0 spiro atoms. The summed E-state index contributed by atoms with van der Waals surface area (Å²) in [6.07, 6.45) is 5.19. The van der Waals surface area contributed by atoms with Crippen molar-refractivity contribution in [2.24, 2.45) is 5.92 Å². The quantitative estimate of drug-likeness (QED) is 0.752. The molecule has 2 aliphatic rings. The summed E-state index contributed by atoms with van der Waals surface area (Å²) < 4.78 is 5.59. The topological polar surface area (TPSA) is 82.4 Å². The molecule has 1 aromatic heterocycles. The summed E-state index contributed by atoms with van der Waals surface area (Å²) >= 11 is 1.51. The molecular formula is C23H25N3O3S. The zero-order valence-corrected chi connectivity index (χ0v) is 17.9. The Morgan fingerprint density at radius 1 is 1.30 bits per heavy atom. The van der Waals surface area contributed by atoms with Gasteiger partial charge < -0.3 is 15.0 Å². The molecule has 1 atom stereocenters. The summed E-state index contributed by atoms with van der Waals surface area (Å²) in [5.74, 6) is 0.0821. The van der Waals surface area contributed by atoms with Gasteiger partial charge in [-0.05, 0) is 61.9 Å². The maximum Gasteiger partial charge on any atom is 0.230 e. The van der Waals surface area contributed by atoms with Crippen molar-refractivity contribution in [2.45, 2.75) is 45.4 Å².